The number of hydrogen-bond acceptors (Lipinski definition) is 4. The maximum Gasteiger partial charge on any atom is 0.337 e. The first-order valence-corrected chi connectivity index (χ1v) is 14.6. The molecule has 7 nitrogen and oxygen atoms in total. The molecule has 0 unspecified atom stereocenters. The van der Waals surface area contributed by atoms with Gasteiger partial charge in [-0.2, -0.15) is 0 Å². The minimum Gasteiger partial charge on any atom is -0.479 e. The van der Waals surface area contributed by atoms with E-state index >= 15 is 0 Å². The van der Waals surface area contributed by atoms with E-state index in [1.165, 1.54) is 0 Å². The summed E-state index contributed by atoms with van der Waals surface area (Å²) >= 11 is 6.20. The number of nitrogens with zero attached hydrogens (tertiary/aromatic N) is 2. The number of fused-ring (bicyclic) bond motifs is 2. The smallest absolute Gasteiger partial charge is 0.337 e. The summed E-state index contributed by atoms with van der Waals surface area (Å²) in [6.07, 6.45) is 0.905. The fraction of sp³-hybridized carbons (Fsp3) is 0.464. The number of aliphatic carboxylic acids is 1. The van der Waals surface area contributed by atoms with Crippen LogP contribution in [0.1, 0.15) is 63.0 Å². The Hall–Kier alpha value is -2.55. The molecule has 3 aromatic rings. The van der Waals surface area contributed by atoms with Crippen LogP contribution in [0.25, 0.3) is 22.0 Å². The average Bonchev–Trinajstić information content (AvgIpc) is 3.04. The van der Waals surface area contributed by atoms with E-state index < -0.39 is 27.7 Å². The lowest BCUT2D eigenvalue weighted by molar-refractivity contribution is -0.160. The highest BCUT2D eigenvalue weighted by atomic mass is 35.5. The summed E-state index contributed by atoms with van der Waals surface area (Å²) in [5.74, 6) is -1.04. The number of ether oxygens (including phenoxy) is 1. The van der Waals surface area contributed by atoms with Crippen LogP contribution in [-0.4, -0.2) is 41.5 Å². The minimum absolute atomic E-state index is 0.0826. The van der Waals surface area contributed by atoms with Crippen molar-refractivity contribution in [3.63, 3.8) is 0 Å². The van der Waals surface area contributed by atoms with E-state index in [0.717, 1.165) is 40.6 Å². The highest BCUT2D eigenvalue weighted by Crippen LogP contribution is 2.50. The van der Waals surface area contributed by atoms with Crippen LogP contribution in [0, 0.1) is 13.8 Å². The number of rotatable bonds is 4. The SMILES string of the molecule is Cc1c([C@H](OC(C)(C)C)C(=O)O)c(-c2ccc(Cl)cc2)c2cc(C)n3c2c1N1[C@@H](CCCCS1(=O)=O)C3. The van der Waals surface area contributed by atoms with Gasteiger partial charge in [-0.15, -0.1) is 0 Å². The third-order valence-electron chi connectivity index (χ3n) is 7.35. The molecule has 0 saturated carbocycles. The number of halogens is 1. The molecular weight excluding hydrogens is 512 g/mol. The van der Waals surface area contributed by atoms with Crippen LogP contribution < -0.4 is 4.31 Å². The Morgan fingerprint density at radius 2 is 1.84 bits per heavy atom. The quantitative estimate of drug-likeness (QED) is 0.421. The molecule has 0 aliphatic carbocycles. The van der Waals surface area contributed by atoms with Crippen molar-refractivity contribution < 1.29 is 23.1 Å². The Kier molecular flexibility index (Phi) is 6.36. The summed E-state index contributed by atoms with van der Waals surface area (Å²) in [6, 6.07) is 9.14. The second kappa shape index (κ2) is 9.03. The van der Waals surface area contributed by atoms with Crippen molar-refractivity contribution in [3.05, 3.63) is 52.2 Å². The van der Waals surface area contributed by atoms with Crippen LogP contribution in [0.3, 0.4) is 0 Å². The van der Waals surface area contributed by atoms with Gasteiger partial charge in [0, 0.05) is 28.2 Å². The fourth-order valence-corrected chi connectivity index (χ4v) is 7.93. The monoisotopic (exact) mass is 544 g/mol. The molecule has 2 aromatic carbocycles. The molecule has 5 rings (SSSR count). The summed E-state index contributed by atoms with van der Waals surface area (Å²) < 4.78 is 37.2. The highest BCUT2D eigenvalue weighted by molar-refractivity contribution is 7.92. The van der Waals surface area contributed by atoms with Crippen LogP contribution in [0.5, 0.6) is 0 Å². The van der Waals surface area contributed by atoms with Gasteiger partial charge in [0.2, 0.25) is 10.0 Å². The summed E-state index contributed by atoms with van der Waals surface area (Å²) in [5, 5.41) is 11.8. The predicted molar refractivity (Wildman–Crippen MR) is 147 cm³/mol. The fourth-order valence-electron chi connectivity index (χ4n) is 5.91. The van der Waals surface area contributed by atoms with Gasteiger partial charge in [0.15, 0.2) is 6.10 Å². The van der Waals surface area contributed by atoms with E-state index in [1.54, 1.807) is 16.4 Å². The van der Waals surface area contributed by atoms with Crippen LogP contribution in [0.15, 0.2) is 30.3 Å². The van der Waals surface area contributed by atoms with E-state index in [9.17, 15) is 18.3 Å². The van der Waals surface area contributed by atoms with Gasteiger partial charge in [0.1, 0.15) is 0 Å². The van der Waals surface area contributed by atoms with Gasteiger partial charge in [-0.3, -0.25) is 4.31 Å². The molecule has 2 aliphatic heterocycles. The number of aromatic nitrogens is 1. The Morgan fingerprint density at radius 3 is 2.46 bits per heavy atom. The van der Waals surface area contributed by atoms with Crippen LogP contribution in [0.4, 0.5) is 5.69 Å². The summed E-state index contributed by atoms with van der Waals surface area (Å²) in [5.41, 5.74) is 4.29. The van der Waals surface area contributed by atoms with Crippen molar-refractivity contribution in [2.45, 2.75) is 78.2 Å². The van der Waals surface area contributed by atoms with Crippen molar-refractivity contribution in [2.24, 2.45) is 0 Å². The summed E-state index contributed by atoms with van der Waals surface area (Å²) in [6.45, 7) is 9.88. The zero-order valence-electron chi connectivity index (χ0n) is 21.8. The van der Waals surface area contributed by atoms with Gasteiger partial charge >= 0.3 is 5.97 Å². The molecule has 9 heteroatoms. The second-order valence-electron chi connectivity index (χ2n) is 11.1. The number of carbonyl (C=O) groups is 1. The molecule has 1 saturated heterocycles. The Labute approximate surface area is 223 Å². The van der Waals surface area contributed by atoms with Crippen LogP contribution in [0.2, 0.25) is 5.02 Å². The Balaban J connectivity index is 1.95. The van der Waals surface area contributed by atoms with Crippen molar-refractivity contribution >= 4 is 44.2 Å². The summed E-state index contributed by atoms with van der Waals surface area (Å²) in [4.78, 5) is 12.8. The predicted octanol–water partition coefficient (Wildman–Crippen LogP) is 6.22. The first-order chi connectivity index (χ1) is 17.3. The molecule has 2 aliphatic rings. The highest BCUT2D eigenvalue weighted by Gasteiger charge is 2.42. The van der Waals surface area contributed by atoms with Gasteiger partial charge in [0.05, 0.1) is 28.6 Å². The van der Waals surface area contributed by atoms with E-state index in [1.807, 2.05) is 52.8 Å². The number of anilines is 1. The second-order valence-corrected chi connectivity index (χ2v) is 13.5. The molecule has 198 valence electrons. The van der Waals surface area contributed by atoms with Gasteiger partial charge in [-0.1, -0.05) is 30.2 Å². The average molecular weight is 545 g/mol. The first kappa shape index (κ1) is 26.1. The van der Waals surface area contributed by atoms with Gasteiger partial charge in [-0.05, 0) is 82.3 Å². The first-order valence-electron chi connectivity index (χ1n) is 12.6. The number of hydrogen-bond donors (Lipinski definition) is 1. The maximum atomic E-state index is 13.6. The normalized spacial score (nSPS) is 19.9. The molecule has 1 aromatic heterocycles. The van der Waals surface area contributed by atoms with Gasteiger partial charge in [0.25, 0.3) is 0 Å². The van der Waals surface area contributed by atoms with Crippen molar-refractivity contribution in [2.75, 3.05) is 10.1 Å². The largest absolute Gasteiger partial charge is 0.479 e. The molecule has 0 spiro atoms. The minimum atomic E-state index is -3.59. The van der Waals surface area contributed by atoms with Crippen LogP contribution in [-0.2, 0) is 26.1 Å². The summed E-state index contributed by atoms with van der Waals surface area (Å²) in [7, 11) is -3.59. The van der Waals surface area contributed by atoms with E-state index in [0.29, 0.717) is 34.8 Å². The number of carboxylic acid groups (broad SMARTS) is 1. The molecule has 0 bridgehead atoms. The molecule has 0 radical (unpaired) electrons. The Bertz CT molecular complexity index is 1500. The van der Waals surface area contributed by atoms with Crippen molar-refractivity contribution in [1.82, 2.24) is 4.57 Å². The maximum absolute atomic E-state index is 13.6. The molecular formula is C28H33ClN2O5S. The molecule has 1 fully saturated rings. The van der Waals surface area contributed by atoms with E-state index in [2.05, 4.69) is 4.57 Å². The third kappa shape index (κ3) is 4.43. The lowest BCUT2D eigenvalue weighted by Gasteiger charge is -2.39. The number of carboxylic acids is 1. The lowest BCUT2D eigenvalue weighted by Crippen LogP contribution is -2.46. The van der Waals surface area contributed by atoms with Crippen molar-refractivity contribution in [1.29, 1.82) is 0 Å². The van der Waals surface area contributed by atoms with Crippen molar-refractivity contribution in [3.8, 4) is 11.1 Å². The Morgan fingerprint density at radius 1 is 1.16 bits per heavy atom. The number of aryl methyl sites for hydroxylation is 1. The zero-order chi connectivity index (χ0) is 26.9. The molecule has 3 heterocycles. The van der Waals surface area contributed by atoms with Crippen LogP contribution >= 0.6 is 11.6 Å². The van der Waals surface area contributed by atoms with Gasteiger partial charge in [-0.25, -0.2) is 13.2 Å². The van der Waals surface area contributed by atoms with Gasteiger partial charge < -0.3 is 14.4 Å². The number of sulfonamides is 1. The standard InChI is InChI=1S/C28H33ClN2O5S/c1-16-14-21-23(18-9-11-19(29)12-10-18)22(26(27(32)33)36-28(3,4)5)17(2)24-25(21)30(16)15-20-8-6-7-13-37(34,35)31(20)24/h9-12,14,20,26H,6-8,13,15H2,1-5H3,(H,32,33)/t20-,26-/m0/s1. The molecule has 37 heavy (non-hydrogen) atoms. The molecule has 2 atom stereocenters. The zero-order valence-corrected chi connectivity index (χ0v) is 23.4. The lowest BCUT2D eigenvalue weighted by atomic mass is 9.87. The topological polar surface area (TPSA) is 88.8 Å². The van der Waals surface area contributed by atoms with E-state index in [4.69, 9.17) is 16.3 Å². The molecule has 0 amide bonds. The van der Waals surface area contributed by atoms with E-state index in [-0.39, 0.29) is 11.8 Å². The third-order valence-corrected chi connectivity index (χ3v) is 9.49. The molecule has 1 N–H and O–H groups in total. The number of benzene rings is 2.